The Bertz CT molecular complexity index is 2030. The van der Waals surface area contributed by atoms with Crippen molar-refractivity contribution in [3.05, 3.63) is 135 Å². The van der Waals surface area contributed by atoms with Crippen LogP contribution in [0, 0.1) is 6.92 Å². The van der Waals surface area contributed by atoms with Crippen molar-refractivity contribution in [2.45, 2.75) is 37.9 Å². The number of benzene rings is 3. The van der Waals surface area contributed by atoms with E-state index in [0.717, 1.165) is 29.2 Å². The lowest BCUT2D eigenvalue weighted by Crippen LogP contribution is -2.20. The van der Waals surface area contributed by atoms with E-state index in [4.69, 9.17) is 4.98 Å². The smallest absolute Gasteiger partial charge is 0.198 e. The van der Waals surface area contributed by atoms with Crippen LogP contribution < -0.4 is 4.90 Å². The van der Waals surface area contributed by atoms with Gasteiger partial charge in [-0.25, -0.2) is 0 Å². The maximum Gasteiger partial charge on any atom is 0.198 e. The Morgan fingerprint density at radius 2 is 1.56 bits per heavy atom. The van der Waals surface area contributed by atoms with E-state index in [1.165, 1.54) is 43.7 Å². The fourth-order valence-electron chi connectivity index (χ4n) is 6.62. The van der Waals surface area contributed by atoms with Gasteiger partial charge in [-0.15, -0.1) is 11.8 Å². The van der Waals surface area contributed by atoms with Crippen LogP contribution in [0.15, 0.2) is 107 Å². The van der Waals surface area contributed by atoms with E-state index >= 15 is 0 Å². The number of rotatable bonds is 4. The highest BCUT2D eigenvalue weighted by molar-refractivity contribution is 8.09. The number of thiophene rings is 1. The second kappa shape index (κ2) is 9.63. The maximum atomic E-state index is 12.9. The second-order valence-electron chi connectivity index (χ2n) is 12.0. The summed E-state index contributed by atoms with van der Waals surface area (Å²) < 4.78 is 0. The third kappa shape index (κ3) is 4.08. The number of carbonyl (C=O) groups is 2. The fourth-order valence-corrected chi connectivity index (χ4v) is 8.94. The highest BCUT2D eigenvalue weighted by Gasteiger charge is 2.45. The molecule has 3 aliphatic rings. The van der Waals surface area contributed by atoms with E-state index in [-0.39, 0.29) is 22.2 Å². The number of aryl methyl sites for hydroxylation is 1. The van der Waals surface area contributed by atoms with E-state index in [0.29, 0.717) is 16.7 Å². The van der Waals surface area contributed by atoms with Crippen molar-refractivity contribution in [2.24, 2.45) is 0 Å². The number of nitrogens with zero attached hydrogens (tertiary/aromatic N) is 2. The molecule has 3 heterocycles. The lowest BCUT2D eigenvalue weighted by atomic mass is 9.80. The molecule has 5 aromatic rings. The number of allylic oxidation sites excluding steroid dienone is 2. The monoisotopic (exact) mass is 596 g/mol. The number of pyridine rings is 1. The third-order valence-electron chi connectivity index (χ3n) is 9.00. The molecule has 1 aliphatic heterocycles. The van der Waals surface area contributed by atoms with Gasteiger partial charge in [-0.05, 0) is 65.6 Å². The minimum atomic E-state index is -0.224. The summed E-state index contributed by atoms with van der Waals surface area (Å²) in [7, 11) is 0. The van der Waals surface area contributed by atoms with Gasteiger partial charge in [-0.1, -0.05) is 68.0 Å². The molecule has 0 spiro atoms. The Kier molecular flexibility index (Phi) is 5.91. The van der Waals surface area contributed by atoms with Gasteiger partial charge in [-0.3, -0.25) is 14.6 Å². The van der Waals surface area contributed by atoms with E-state index in [1.807, 2.05) is 12.3 Å². The Balaban J connectivity index is 1.16. The molecule has 8 rings (SSSR count). The van der Waals surface area contributed by atoms with Crippen molar-refractivity contribution in [2.75, 3.05) is 4.90 Å². The normalized spacial score (nSPS) is 18.3. The van der Waals surface area contributed by atoms with Crippen molar-refractivity contribution < 1.29 is 9.59 Å². The summed E-state index contributed by atoms with van der Waals surface area (Å²) in [5.74, 6) is -0.276. The first-order valence-electron chi connectivity index (χ1n) is 14.4. The number of hydrogen-bond acceptors (Lipinski definition) is 6. The molecule has 2 aromatic heterocycles. The summed E-state index contributed by atoms with van der Waals surface area (Å²) in [6.45, 7) is 6.64. The van der Waals surface area contributed by atoms with Gasteiger partial charge in [0.2, 0.25) is 0 Å². The van der Waals surface area contributed by atoms with Crippen molar-refractivity contribution >= 4 is 67.4 Å². The van der Waals surface area contributed by atoms with Gasteiger partial charge in [0.1, 0.15) is 0 Å². The molecule has 1 unspecified atom stereocenters. The predicted molar refractivity (Wildman–Crippen MR) is 178 cm³/mol. The van der Waals surface area contributed by atoms with E-state index in [9.17, 15) is 9.59 Å². The minimum absolute atomic E-state index is 0.0381. The van der Waals surface area contributed by atoms with Crippen LogP contribution in [0.4, 0.5) is 17.1 Å². The molecule has 0 N–H and O–H groups in total. The number of Topliss-reactive ketones (excluding diaryl/α,β-unsaturated/α-hetero) is 2. The average Bonchev–Trinajstić information content (AvgIpc) is 3.76. The summed E-state index contributed by atoms with van der Waals surface area (Å²) in [4.78, 5) is 34.4. The molecule has 210 valence electrons. The van der Waals surface area contributed by atoms with Crippen molar-refractivity contribution in [1.29, 1.82) is 0 Å². The average molecular weight is 597 g/mol. The van der Waals surface area contributed by atoms with E-state index < -0.39 is 0 Å². The van der Waals surface area contributed by atoms with Gasteiger partial charge >= 0.3 is 0 Å². The molecule has 0 saturated carbocycles. The van der Waals surface area contributed by atoms with Gasteiger partial charge in [0, 0.05) is 48.8 Å². The van der Waals surface area contributed by atoms with Crippen molar-refractivity contribution in [3.8, 4) is 0 Å². The Hall–Kier alpha value is -4.26. The molecule has 2 aliphatic carbocycles. The van der Waals surface area contributed by atoms with Gasteiger partial charge in [0.15, 0.2) is 11.6 Å². The van der Waals surface area contributed by atoms with Gasteiger partial charge in [-0.2, -0.15) is 11.3 Å². The van der Waals surface area contributed by atoms with Gasteiger partial charge < -0.3 is 4.90 Å². The molecule has 0 fully saturated rings. The number of thioether (sulfide) groups is 1. The van der Waals surface area contributed by atoms with Crippen LogP contribution in [0.1, 0.15) is 57.8 Å². The van der Waals surface area contributed by atoms with Crippen LogP contribution in [-0.2, 0) is 5.41 Å². The topological polar surface area (TPSA) is 50.3 Å². The van der Waals surface area contributed by atoms with Crippen LogP contribution in [0.5, 0.6) is 0 Å². The molecule has 6 heteroatoms. The summed E-state index contributed by atoms with van der Waals surface area (Å²) in [6, 6.07) is 26.0. The number of ketones is 2. The number of aromatic nitrogens is 1. The summed E-state index contributed by atoms with van der Waals surface area (Å²) >= 11 is 3.14. The summed E-state index contributed by atoms with van der Waals surface area (Å²) in [5, 5.41) is 6.01. The van der Waals surface area contributed by atoms with Crippen LogP contribution in [0.2, 0.25) is 0 Å². The molecule has 4 nitrogen and oxygen atoms in total. The molecule has 3 aromatic carbocycles. The Labute approximate surface area is 258 Å². The fraction of sp³-hybridized carbons (Fsp3) is 0.162. The van der Waals surface area contributed by atoms with Crippen LogP contribution in [0.25, 0.3) is 15.7 Å². The molecule has 0 radical (unpaired) electrons. The van der Waals surface area contributed by atoms with E-state index in [1.54, 1.807) is 22.5 Å². The first-order valence-corrected chi connectivity index (χ1v) is 16.3. The number of hydrogen-bond donors (Lipinski definition) is 0. The molecule has 0 saturated heterocycles. The lowest BCUT2D eigenvalue weighted by molar-refractivity contribution is 0.0988. The first kappa shape index (κ1) is 26.4. The van der Waals surface area contributed by atoms with Crippen LogP contribution in [0.3, 0.4) is 0 Å². The maximum absolute atomic E-state index is 12.9. The third-order valence-corrected chi connectivity index (χ3v) is 11.0. The van der Waals surface area contributed by atoms with Crippen molar-refractivity contribution in [1.82, 2.24) is 4.98 Å². The van der Waals surface area contributed by atoms with Crippen LogP contribution >= 0.6 is 23.1 Å². The Morgan fingerprint density at radius 1 is 0.860 bits per heavy atom. The zero-order valence-electron chi connectivity index (χ0n) is 24.0. The first-order chi connectivity index (χ1) is 20.8. The number of fused-ring (bicyclic) bond motifs is 4. The quantitative estimate of drug-likeness (QED) is 0.153. The molecule has 1 atom stereocenters. The largest absolute Gasteiger partial charge is 0.309 e. The highest BCUT2D eigenvalue weighted by Crippen LogP contribution is 2.58. The van der Waals surface area contributed by atoms with Crippen LogP contribution in [-0.4, -0.2) is 21.8 Å². The summed E-state index contributed by atoms with van der Waals surface area (Å²) in [5.41, 5.74) is 9.15. The second-order valence-corrected chi connectivity index (χ2v) is 14.0. The zero-order chi connectivity index (χ0) is 29.5. The lowest BCUT2D eigenvalue weighted by Gasteiger charge is -2.29. The number of anilines is 3. The SMILES string of the molecule is Cc1ccc(N(c2cnc3c(c2)C(C)(C)C2=C3SC(C=C3C(=O)c4cscc4C3=O)C2)c2ccc3ccccc3c2)cc1. The summed E-state index contributed by atoms with van der Waals surface area (Å²) in [6.07, 6.45) is 4.68. The zero-order valence-corrected chi connectivity index (χ0v) is 25.7. The van der Waals surface area contributed by atoms with Gasteiger partial charge in [0.05, 0.1) is 23.2 Å². The molecular formula is C37H28N2O2S2. The molecule has 0 bridgehead atoms. The molecule has 0 amide bonds. The van der Waals surface area contributed by atoms with Gasteiger partial charge in [0.25, 0.3) is 0 Å². The number of carbonyl (C=O) groups excluding carboxylic acids is 2. The Morgan fingerprint density at radius 3 is 2.30 bits per heavy atom. The standard InChI is InChI=1S/C37H28N2O2S2/c1-21-8-11-24(12-9-21)39(25-13-10-22-6-4-5-7-23(22)14-25)26-15-31-33(38-18-26)36-32(37(31,2)3)17-27(43-36)16-28-34(40)29-19-42-20-30(29)35(28)41/h4-16,18-20,27H,17H2,1-3H3. The minimum Gasteiger partial charge on any atom is -0.309 e. The van der Waals surface area contributed by atoms with Crippen molar-refractivity contribution in [3.63, 3.8) is 0 Å². The highest BCUT2D eigenvalue weighted by atomic mass is 32.2. The molecule has 43 heavy (non-hydrogen) atoms. The molecular weight excluding hydrogens is 569 g/mol. The van der Waals surface area contributed by atoms with E-state index in [2.05, 4.69) is 98.5 Å². The predicted octanol–water partition coefficient (Wildman–Crippen LogP) is 9.59.